The Kier molecular flexibility index (Phi) is 6.09. The zero-order chi connectivity index (χ0) is 11.1. The topological polar surface area (TPSA) is 50.7 Å². The van der Waals surface area contributed by atoms with Crippen LogP contribution in [-0.4, -0.2) is 25.8 Å². The van der Waals surface area contributed by atoms with Crippen LogP contribution in [0.5, 0.6) is 0 Å². The summed E-state index contributed by atoms with van der Waals surface area (Å²) in [5, 5.41) is 8.35. The van der Waals surface area contributed by atoms with Gasteiger partial charge in [-0.25, -0.2) is 9.89 Å². The van der Waals surface area contributed by atoms with Gasteiger partial charge in [-0.05, 0) is 19.3 Å². The van der Waals surface area contributed by atoms with Gasteiger partial charge in [0, 0.05) is 17.6 Å². The molecule has 0 spiro atoms. The number of hydrogen-bond acceptors (Lipinski definition) is 3. The van der Waals surface area contributed by atoms with E-state index in [2.05, 4.69) is 33.1 Å². The van der Waals surface area contributed by atoms with Crippen LogP contribution in [0.4, 0.5) is 0 Å². The Morgan fingerprint density at radius 3 is 3.00 bits per heavy atom. The molecule has 0 bridgehead atoms. The molecule has 0 aromatic carbocycles. The van der Waals surface area contributed by atoms with E-state index in [1.54, 1.807) is 16.3 Å². The molecule has 1 rings (SSSR count). The van der Waals surface area contributed by atoms with Crippen molar-refractivity contribution in [2.75, 3.05) is 11.1 Å². The van der Waals surface area contributed by atoms with Gasteiger partial charge >= 0.3 is 5.69 Å². The summed E-state index contributed by atoms with van der Waals surface area (Å²) in [4.78, 5) is 11.3. The molecule has 4 nitrogen and oxygen atoms in total. The summed E-state index contributed by atoms with van der Waals surface area (Å²) in [5.41, 5.74) is -0.0974. The predicted molar refractivity (Wildman–Crippen MR) is 66.9 cm³/mol. The van der Waals surface area contributed by atoms with E-state index in [0.29, 0.717) is 0 Å². The Labute approximate surface area is 102 Å². The van der Waals surface area contributed by atoms with Crippen LogP contribution >= 0.6 is 27.7 Å². The molecule has 0 aliphatic rings. The maximum absolute atomic E-state index is 11.3. The van der Waals surface area contributed by atoms with Gasteiger partial charge < -0.3 is 0 Å². The van der Waals surface area contributed by atoms with Gasteiger partial charge in [-0.3, -0.25) is 4.57 Å². The van der Waals surface area contributed by atoms with Crippen molar-refractivity contribution in [1.82, 2.24) is 14.8 Å². The van der Waals surface area contributed by atoms with Gasteiger partial charge in [-0.1, -0.05) is 34.6 Å². The van der Waals surface area contributed by atoms with E-state index in [9.17, 15) is 4.79 Å². The Hall–Kier alpha value is -0.230. The van der Waals surface area contributed by atoms with Crippen molar-refractivity contribution in [3.05, 3.63) is 10.5 Å². The molecule has 1 heterocycles. The number of nitrogens with one attached hydrogen (secondary N) is 1. The maximum Gasteiger partial charge on any atom is 0.343 e. The van der Waals surface area contributed by atoms with Gasteiger partial charge in [0.25, 0.3) is 0 Å². The fourth-order valence-electron chi connectivity index (χ4n) is 1.19. The number of unbranched alkanes of at least 4 members (excludes halogenated alkanes) is 1. The lowest BCUT2D eigenvalue weighted by atomic mass is 10.4. The first-order valence-corrected chi connectivity index (χ1v) is 7.24. The Morgan fingerprint density at radius 1 is 1.53 bits per heavy atom. The fourth-order valence-corrected chi connectivity index (χ4v) is 2.56. The van der Waals surface area contributed by atoms with E-state index in [4.69, 9.17) is 0 Å². The molecule has 1 aromatic rings. The molecule has 0 aliphatic heterocycles. The molecule has 1 aromatic heterocycles. The van der Waals surface area contributed by atoms with Crippen molar-refractivity contribution in [3.8, 4) is 0 Å². The van der Waals surface area contributed by atoms with Crippen LogP contribution < -0.4 is 5.69 Å². The van der Waals surface area contributed by atoms with E-state index in [1.165, 1.54) is 0 Å². The molecule has 0 radical (unpaired) electrons. The lowest BCUT2D eigenvalue weighted by molar-refractivity contribution is 0.603. The summed E-state index contributed by atoms with van der Waals surface area (Å²) in [7, 11) is 0. The van der Waals surface area contributed by atoms with Crippen LogP contribution in [0.1, 0.15) is 26.2 Å². The number of nitrogens with zero attached hydrogens (tertiary/aromatic N) is 2. The first kappa shape index (κ1) is 12.8. The van der Waals surface area contributed by atoms with Gasteiger partial charge in [-0.15, -0.1) is 5.10 Å². The Bertz CT molecular complexity index is 336. The van der Waals surface area contributed by atoms with E-state index < -0.39 is 0 Å². The summed E-state index contributed by atoms with van der Waals surface area (Å²) < 4.78 is 1.71. The van der Waals surface area contributed by atoms with Crippen molar-refractivity contribution >= 4 is 27.7 Å². The van der Waals surface area contributed by atoms with Gasteiger partial charge in [0.15, 0.2) is 5.16 Å². The lowest BCUT2D eigenvalue weighted by Gasteiger charge is -2.02. The van der Waals surface area contributed by atoms with Crippen molar-refractivity contribution in [2.24, 2.45) is 0 Å². The number of rotatable bonds is 7. The van der Waals surface area contributed by atoms with E-state index in [1.807, 2.05) is 0 Å². The van der Waals surface area contributed by atoms with Gasteiger partial charge in [-0.2, -0.15) is 0 Å². The molecule has 0 saturated carbocycles. The lowest BCUT2D eigenvalue weighted by Crippen LogP contribution is -2.17. The van der Waals surface area contributed by atoms with Crippen LogP contribution in [-0.2, 0) is 6.54 Å². The third-order valence-corrected chi connectivity index (χ3v) is 3.55. The third-order valence-electron chi connectivity index (χ3n) is 1.93. The van der Waals surface area contributed by atoms with Crippen LogP contribution in [0.15, 0.2) is 9.95 Å². The minimum atomic E-state index is -0.0974. The molecule has 6 heteroatoms. The second-order valence-corrected chi connectivity index (χ2v) is 5.06. The van der Waals surface area contributed by atoms with Gasteiger partial charge in [0.2, 0.25) is 0 Å². The highest BCUT2D eigenvalue weighted by Crippen LogP contribution is 2.15. The van der Waals surface area contributed by atoms with Gasteiger partial charge in [0.05, 0.1) is 0 Å². The molecule has 86 valence electrons. The quantitative estimate of drug-likeness (QED) is 0.477. The van der Waals surface area contributed by atoms with Crippen molar-refractivity contribution in [3.63, 3.8) is 0 Å². The zero-order valence-corrected chi connectivity index (χ0v) is 11.2. The molecule has 0 saturated heterocycles. The van der Waals surface area contributed by atoms with E-state index >= 15 is 0 Å². The van der Waals surface area contributed by atoms with Crippen molar-refractivity contribution < 1.29 is 0 Å². The smallest absolute Gasteiger partial charge is 0.270 e. The molecular formula is C9H16BrN3OS. The molecule has 0 amide bonds. The SMILES string of the molecule is CCCn1c(SCCCCBr)n[nH]c1=O. The van der Waals surface area contributed by atoms with Crippen LogP contribution in [0.3, 0.4) is 0 Å². The second-order valence-electron chi connectivity index (χ2n) is 3.21. The number of alkyl halides is 1. The Balaban J connectivity index is 2.49. The molecule has 0 unspecified atom stereocenters. The maximum atomic E-state index is 11.3. The first-order chi connectivity index (χ1) is 7.29. The highest BCUT2D eigenvalue weighted by Gasteiger charge is 2.06. The number of aromatic nitrogens is 3. The van der Waals surface area contributed by atoms with Crippen LogP contribution in [0.2, 0.25) is 0 Å². The normalized spacial score (nSPS) is 10.8. The average Bonchev–Trinajstić information content (AvgIpc) is 2.57. The molecule has 0 atom stereocenters. The largest absolute Gasteiger partial charge is 0.343 e. The van der Waals surface area contributed by atoms with Crippen molar-refractivity contribution in [2.45, 2.75) is 37.9 Å². The van der Waals surface area contributed by atoms with Crippen LogP contribution in [0.25, 0.3) is 0 Å². The van der Waals surface area contributed by atoms with Crippen molar-refractivity contribution in [1.29, 1.82) is 0 Å². The highest BCUT2D eigenvalue weighted by molar-refractivity contribution is 9.09. The monoisotopic (exact) mass is 293 g/mol. The third kappa shape index (κ3) is 4.03. The molecule has 15 heavy (non-hydrogen) atoms. The number of aromatic amines is 1. The van der Waals surface area contributed by atoms with E-state index in [0.717, 1.165) is 42.0 Å². The summed E-state index contributed by atoms with van der Waals surface area (Å²) in [6.45, 7) is 2.80. The standard InChI is InChI=1S/C9H16BrN3OS/c1-2-6-13-8(14)11-12-9(13)15-7-4-3-5-10/h2-7H2,1H3,(H,11,14). The fraction of sp³-hybridized carbons (Fsp3) is 0.778. The summed E-state index contributed by atoms with van der Waals surface area (Å²) in [6, 6.07) is 0. The minimum Gasteiger partial charge on any atom is -0.270 e. The van der Waals surface area contributed by atoms with E-state index in [-0.39, 0.29) is 5.69 Å². The summed E-state index contributed by atoms with van der Waals surface area (Å²) in [6.07, 6.45) is 3.26. The predicted octanol–water partition coefficient (Wildman–Crippen LogP) is 2.25. The summed E-state index contributed by atoms with van der Waals surface area (Å²) in [5.74, 6) is 1.01. The average molecular weight is 294 g/mol. The molecule has 0 aliphatic carbocycles. The van der Waals surface area contributed by atoms with Gasteiger partial charge in [0.1, 0.15) is 0 Å². The molecule has 1 N–H and O–H groups in total. The second kappa shape index (κ2) is 7.11. The highest BCUT2D eigenvalue weighted by atomic mass is 79.9. The minimum absolute atomic E-state index is 0.0974. The number of hydrogen-bond donors (Lipinski definition) is 1. The summed E-state index contributed by atoms with van der Waals surface area (Å²) >= 11 is 5.04. The first-order valence-electron chi connectivity index (χ1n) is 5.13. The Morgan fingerprint density at radius 2 is 2.33 bits per heavy atom. The number of thioether (sulfide) groups is 1. The molecule has 0 fully saturated rings. The number of halogens is 1. The van der Waals surface area contributed by atoms with Crippen LogP contribution in [0, 0.1) is 0 Å². The molecular weight excluding hydrogens is 278 g/mol. The number of H-pyrrole nitrogens is 1. The zero-order valence-electron chi connectivity index (χ0n) is 8.83.